The fourth-order valence-corrected chi connectivity index (χ4v) is 3.74. The van der Waals surface area contributed by atoms with Gasteiger partial charge in [-0.05, 0) is 31.7 Å². The molecule has 1 heterocycles. The zero-order valence-electron chi connectivity index (χ0n) is 14.5. The summed E-state index contributed by atoms with van der Waals surface area (Å²) in [5, 5.41) is 6.00. The van der Waals surface area contributed by atoms with E-state index in [-0.39, 0.29) is 24.3 Å². The summed E-state index contributed by atoms with van der Waals surface area (Å²) in [4.78, 5) is 29.3. The number of terminal acetylenes is 1. The van der Waals surface area contributed by atoms with Crippen molar-refractivity contribution in [2.24, 2.45) is 10.9 Å². The Kier molecular flexibility index (Phi) is 4.89. The van der Waals surface area contributed by atoms with E-state index in [4.69, 9.17) is 6.42 Å². The average molecular weight is 337 g/mol. The number of carbonyl (C=O) groups excluding carboxylic acids is 2. The lowest BCUT2D eigenvalue weighted by atomic mass is 9.75. The maximum absolute atomic E-state index is 12.7. The van der Waals surface area contributed by atoms with Crippen molar-refractivity contribution >= 4 is 17.6 Å². The minimum absolute atomic E-state index is 0.145. The molecule has 130 valence electrons. The molecule has 1 aromatic rings. The zero-order valence-corrected chi connectivity index (χ0v) is 14.5. The van der Waals surface area contributed by atoms with Crippen molar-refractivity contribution < 1.29 is 9.59 Å². The normalized spacial score (nSPS) is 23.5. The zero-order chi connectivity index (χ0) is 17.9. The van der Waals surface area contributed by atoms with E-state index in [0.717, 1.165) is 25.7 Å². The van der Waals surface area contributed by atoms with Gasteiger partial charge in [-0.2, -0.15) is 4.99 Å². The van der Waals surface area contributed by atoms with Crippen LogP contribution in [-0.2, 0) is 4.79 Å². The first-order chi connectivity index (χ1) is 12.1. The van der Waals surface area contributed by atoms with Crippen LogP contribution in [0.3, 0.4) is 0 Å². The molecule has 1 atom stereocenters. The topological polar surface area (TPSA) is 70.6 Å². The van der Waals surface area contributed by atoms with E-state index in [1.54, 1.807) is 18.2 Å². The highest BCUT2D eigenvalue weighted by molar-refractivity contribution is 6.17. The number of rotatable bonds is 4. The molecule has 2 aliphatic rings. The number of hydrogen-bond acceptors (Lipinski definition) is 3. The number of aliphatic imine (C=N–C) groups is 1. The second-order valence-corrected chi connectivity index (χ2v) is 6.86. The molecule has 0 spiro atoms. The van der Waals surface area contributed by atoms with E-state index in [9.17, 15) is 9.59 Å². The highest BCUT2D eigenvalue weighted by Gasteiger charge is 2.46. The third kappa shape index (κ3) is 3.30. The summed E-state index contributed by atoms with van der Waals surface area (Å²) in [6.07, 6.45) is 10.8. The summed E-state index contributed by atoms with van der Waals surface area (Å²) in [7, 11) is 0. The maximum Gasteiger partial charge on any atom is 0.273 e. The number of carbonyl (C=O) groups is 2. The van der Waals surface area contributed by atoms with Gasteiger partial charge in [-0.25, -0.2) is 0 Å². The van der Waals surface area contributed by atoms with Gasteiger partial charge in [0.05, 0.1) is 12.1 Å². The maximum atomic E-state index is 12.7. The van der Waals surface area contributed by atoms with Crippen LogP contribution in [0.1, 0.15) is 54.9 Å². The molecule has 1 fully saturated rings. The fraction of sp³-hybridized carbons (Fsp3) is 0.450. The second kappa shape index (κ2) is 7.10. The van der Waals surface area contributed by atoms with Crippen LogP contribution in [-0.4, -0.2) is 29.7 Å². The Morgan fingerprint density at radius 3 is 2.80 bits per heavy atom. The first kappa shape index (κ1) is 17.2. The lowest BCUT2D eigenvalue weighted by Crippen LogP contribution is -2.52. The van der Waals surface area contributed by atoms with E-state index in [1.807, 2.05) is 13.0 Å². The molecule has 0 aromatic heterocycles. The summed E-state index contributed by atoms with van der Waals surface area (Å²) in [6, 6.07) is 7.13. The van der Waals surface area contributed by atoms with Crippen molar-refractivity contribution in [1.29, 1.82) is 0 Å². The van der Waals surface area contributed by atoms with E-state index in [0.29, 0.717) is 17.0 Å². The Morgan fingerprint density at radius 2 is 2.08 bits per heavy atom. The smallest absolute Gasteiger partial charge is 0.273 e. The van der Waals surface area contributed by atoms with E-state index in [1.165, 1.54) is 6.42 Å². The molecule has 5 nitrogen and oxygen atoms in total. The molecule has 1 aliphatic heterocycles. The predicted molar refractivity (Wildman–Crippen MR) is 97.3 cm³/mol. The Morgan fingerprint density at radius 1 is 1.36 bits per heavy atom. The molecule has 0 saturated heterocycles. The van der Waals surface area contributed by atoms with Crippen LogP contribution in [0, 0.1) is 18.3 Å². The molecular weight excluding hydrogens is 314 g/mol. The standard InChI is InChI=1S/C20H23N3O2/c1-3-13-21-18(24)16-12-8-7-11-15(16)17-22-19(25)20(2,23-17)14-9-5-4-6-10-14/h1,7-8,11-12,14H,4-6,9-10,13H2,2H3,(H,21,24)(H,22,23,25). The van der Waals surface area contributed by atoms with Gasteiger partial charge < -0.3 is 10.6 Å². The summed E-state index contributed by atoms with van der Waals surface area (Å²) >= 11 is 0. The number of nitrogens with one attached hydrogen (secondary N) is 2. The van der Waals surface area contributed by atoms with Gasteiger partial charge in [0.2, 0.25) is 0 Å². The quantitative estimate of drug-likeness (QED) is 0.828. The van der Waals surface area contributed by atoms with E-state index in [2.05, 4.69) is 21.5 Å². The van der Waals surface area contributed by atoms with Crippen LogP contribution >= 0.6 is 0 Å². The largest absolute Gasteiger partial charge is 0.355 e. The highest BCUT2D eigenvalue weighted by Crippen LogP contribution is 2.36. The Balaban J connectivity index is 1.86. The third-order valence-corrected chi connectivity index (χ3v) is 5.24. The molecule has 2 N–H and O–H groups in total. The van der Waals surface area contributed by atoms with Crippen LogP contribution in [0.2, 0.25) is 0 Å². The fourth-order valence-electron chi connectivity index (χ4n) is 3.74. The number of amidine groups is 1. The Labute approximate surface area is 148 Å². The van der Waals surface area contributed by atoms with Crippen LogP contribution < -0.4 is 10.6 Å². The van der Waals surface area contributed by atoms with Crippen molar-refractivity contribution in [3.05, 3.63) is 35.4 Å². The van der Waals surface area contributed by atoms with Crippen LogP contribution in [0.15, 0.2) is 29.3 Å². The van der Waals surface area contributed by atoms with Crippen molar-refractivity contribution in [3.63, 3.8) is 0 Å². The number of benzene rings is 1. The number of hydrogen-bond donors (Lipinski definition) is 2. The third-order valence-electron chi connectivity index (χ3n) is 5.24. The molecule has 25 heavy (non-hydrogen) atoms. The van der Waals surface area contributed by atoms with Crippen molar-refractivity contribution in [2.75, 3.05) is 6.54 Å². The SMILES string of the molecule is C#CCNC(=O)c1ccccc1C1=NC(=O)C(C)(C2CCCCC2)N1. The van der Waals surface area contributed by atoms with Gasteiger partial charge in [-0.3, -0.25) is 9.59 Å². The molecule has 5 heteroatoms. The van der Waals surface area contributed by atoms with Gasteiger partial charge in [-0.15, -0.1) is 6.42 Å². The minimum Gasteiger partial charge on any atom is -0.355 e. The predicted octanol–water partition coefficient (Wildman–Crippen LogP) is 2.26. The van der Waals surface area contributed by atoms with E-state index < -0.39 is 5.54 Å². The van der Waals surface area contributed by atoms with Gasteiger partial charge in [0.1, 0.15) is 11.4 Å². The first-order valence-corrected chi connectivity index (χ1v) is 8.78. The summed E-state index contributed by atoms with van der Waals surface area (Å²) in [5.41, 5.74) is 0.410. The Hall–Kier alpha value is -2.61. The van der Waals surface area contributed by atoms with Gasteiger partial charge in [0.25, 0.3) is 11.8 Å². The molecule has 0 bridgehead atoms. The van der Waals surface area contributed by atoms with Gasteiger partial charge in [0, 0.05) is 5.56 Å². The molecule has 1 aromatic carbocycles. The molecule has 0 radical (unpaired) electrons. The second-order valence-electron chi connectivity index (χ2n) is 6.86. The summed E-state index contributed by atoms with van der Waals surface area (Å²) < 4.78 is 0. The molecule has 1 saturated carbocycles. The molecule has 3 rings (SSSR count). The van der Waals surface area contributed by atoms with Crippen molar-refractivity contribution in [3.8, 4) is 12.3 Å². The molecular formula is C20H23N3O2. The van der Waals surface area contributed by atoms with Crippen LogP contribution in [0.4, 0.5) is 0 Å². The number of nitrogens with zero attached hydrogens (tertiary/aromatic N) is 1. The lowest BCUT2D eigenvalue weighted by Gasteiger charge is -2.35. The average Bonchev–Trinajstić information content (AvgIpc) is 2.96. The Bertz CT molecular complexity index is 756. The van der Waals surface area contributed by atoms with E-state index >= 15 is 0 Å². The molecule has 1 aliphatic carbocycles. The van der Waals surface area contributed by atoms with Crippen LogP contribution in [0.25, 0.3) is 0 Å². The van der Waals surface area contributed by atoms with Crippen LogP contribution in [0.5, 0.6) is 0 Å². The summed E-state index contributed by atoms with van der Waals surface area (Å²) in [5.74, 6) is 2.73. The first-order valence-electron chi connectivity index (χ1n) is 8.78. The van der Waals surface area contributed by atoms with Crippen molar-refractivity contribution in [2.45, 2.75) is 44.6 Å². The monoisotopic (exact) mass is 337 g/mol. The molecule has 2 amide bonds. The minimum atomic E-state index is -0.682. The van der Waals surface area contributed by atoms with Crippen molar-refractivity contribution in [1.82, 2.24) is 10.6 Å². The van der Waals surface area contributed by atoms with Gasteiger partial charge in [-0.1, -0.05) is 43.4 Å². The lowest BCUT2D eigenvalue weighted by molar-refractivity contribution is -0.124. The highest BCUT2D eigenvalue weighted by atomic mass is 16.2. The van der Waals surface area contributed by atoms with Gasteiger partial charge >= 0.3 is 0 Å². The number of amides is 2. The molecule has 1 unspecified atom stereocenters. The van der Waals surface area contributed by atoms with Gasteiger partial charge in [0.15, 0.2) is 0 Å². The summed E-state index contributed by atoms with van der Waals surface area (Å²) in [6.45, 7) is 2.09.